The summed E-state index contributed by atoms with van der Waals surface area (Å²) in [5, 5.41) is 22.1. The maximum atomic E-state index is 14.2. The molecule has 11 nitrogen and oxygen atoms in total. The molecule has 2 bridgehead atoms. The molecule has 3 heterocycles. The molecule has 1 amide bonds. The number of hydrogen-bond donors (Lipinski definition) is 2. The molecule has 0 aromatic rings. The van der Waals surface area contributed by atoms with Gasteiger partial charge in [0, 0.05) is 44.2 Å². The molecule has 1 aliphatic carbocycles. The number of ether oxygens (including phenoxy) is 3. The Labute approximate surface area is 353 Å². The number of amides is 1. The van der Waals surface area contributed by atoms with E-state index in [1.807, 2.05) is 64.2 Å². The highest BCUT2D eigenvalue weighted by Crippen LogP contribution is 2.37. The number of aliphatic hydroxyl groups excluding tert-OH is 1. The Morgan fingerprint density at radius 3 is 2.39 bits per heavy atom. The summed E-state index contributed by atoms with van der Waals surface area (Å²) in [5.41, 5.74) is 0.944. The molecule has 3 aliphatic heterocycles. The smallest absolute Gasteiger partial charge is 0.329 e. The summed E-state index contributed by atoms with van der Waals surface area (Å²) < 4.78 is 17.9. The van der Waals surface area contributed by atoms with Gasteiger partial charge in [-0.25, -0.2) is 4.79 Å². The third kappa shape index (κ3) is 13.9. The third-order valence-corrected chi connectivity index (χ3v) is 13.3. The lowest BCUT2D eigenvalue weighted by Crippen LogP contribution is -2.60. The van der Waals surface area contributed by atoms with E-state index in [2.05, 4.69) is 13.0 Å². The molecule has 0 aromatic carbocycles. The van der Waals surface area contributed by atoms with E-state index >= 15 is 0 Å². The molecule has 2 N–H and O–H groups in total. The predicted molar refractivity (Wildman–Crippen MR) is 227 cm³/mol. The molecule has 3 fully saturated rings. The zero-order valence-electron chi connectivity index (χ0n) is 36.8. The van der Waals surface area contributed by atoms with Gasteiger partial charge < -0.3 is 29.3 Å². The first-order valence-electron chi connectivity index (χ1n) is 22.4. The van der Waals surface area contributed by atoms with Crippen LogP contribution >= 0.6 is 0 Å². The number of piperidine rings is 1. The molecule has 59 heavy (non-hydrogen) atoms. The molecule has 330 valence electrons. The SMILES string of the molecule is COC1CC(CC(C)C2CC(=O)C(C)/C=C(\C)CCC(=O)C(C)CC(C)/C=C/C=C/C=C/CCC3CCC(C)C(O)(O3)C(=O)C(=O)N3CCCCC3C(=O)O2)CCC1O. The van der Waals surface area contributed by atoms with Gasteiger partial charge in [-0.2, -0.15) is 0 Å². The van der Waals surface area contributed by atoms with Gasteiger partial charge in [0.15, 0.2) is 0 Å². The number of aliphatic hydroxyl groups is 2. The summed E-state index contributed by atoms with van der Waals surface area (Å²) in [6.45, 7) is 11.6. The lowest BCUT2D eigenvalue weighted by molar-refractivity contribution is -0.263. The number of allylic oxidation sites excluding steroid dienone is 8. The van der Waals surface area contributed by atoms with Crippen molar-refractivity contribution in [2.75, 3.05) is 13.7 Å². The summed E-state index contributed by atoms with van der Waals surface area (Å²) in [7, 11) is 1.59. The highest BCUT2D eigenvalue weighted by atomic mass is 16.6. The fraction of sp³-hybridized carbons (Fsp3) is 0.729. The van der Waals surface area contributed by atoms with Crippen molar-refractivity contribution in [3.8, 4) is 0 Å². The second-order valence-electron chi connectivity index (χ2n) is 18.3. The quantitative estimate of drug-likeness (QED) is 0.165. The van der Waals surface area contributed by atoms with E-state index in [9.17, 15) is 34.2 Å². The van der Waals surface area contributed by atoms with Gasteiger partial charge in [-0.15, -0.1) is 0 Å². The van der Waals surface area contributed by atoms with E-state index in [4.69, 9.17) is 14.2 Å². The van der Waals surface area contributed by atoms with Gasteiger partial charge in [0.1, 0.15) is 23.7 Å². The van der Waals surface area contributed by atoms with Crippen molar-refractivity contribution < 1.29 is 48.4 Å². The highest BCUT2D eigenvalue weighted by molar-refractivity contribution is 6.39. The van der Waals surface area contributed by atoms with E-state index in [1.54, 1.807) is 14.0 Å². The predicted octanol–water partition coefficient (Wildman–Crippen LogP) is 7.57. The number of rotatable bonds is 4. The minimum Gasteiger partial charge on any atom is -0.460 e. The molecule has 12 unspecified atom stereocenters. The number of fused-ring (bicyclic) bond motifs is 3. The second kappa shape index (κ2) is 23.1. The number of carbonyl (C=O) groups excluding carboxylic acids is 5. The van der Waals surface area contributed by atoms with E-state index in [0.717, 1.165) is 18.4 Å². The Bertz CT molecular complexity index is 1570. The highest BCUT2D eigenvalue weighted by Gasteiger charge is 2.52. The summed E-state index contributed by atoms with van der Waals surface area (Å²) in [6.07, 6.45) is 19.8. The fourth-order valence-corrected chi connectivity index (χ4v) is 9.33. The number of methoxy groups -OCH3 is 1. The fourth-order valence-electron chi connectivity index (χ4n) is 9.33. The van der Waals surface area contributed by atoms with E-state index in [-0.39, 0.29) is 60.7 Å². The largest absolute Gasteiger partial charge is 0.460 e. The minimum atomic E-state index is -2.32. The summed E-state index contributed by atoms with van der Waals surface area (Å²) in [4.78, 5) is 70.5. The van der Waals surface area contributed by atoms with Crippen molar-refractivity contribution >= 4 is 29.2 Å². The minimum absolute atomic E-state index is 0.0429. The van der Waals surface area contributed by atoms with Gasteiger partial charge in [0.25, 0.3) is 11.7 Å². The van der Waals surface area contributed by atoms with Crippen molar-refractivity contribution in [3.63, 3.8) is 0 Å². The van der Waals surface area contributed by atoms with Crippen LogP contribution in [0.2, 0.25) is 0 Å². The maximum Gasteiger partial charge on any atom is 0.329 e. The maximum absolute atomic E-state index is 14.2. The van der Waals surface area contributed by atoms with Crippen LogP contribution in [0, 0.1) is 35.5 Å². The van der Waals surface area contributed by atoms with Gasteiger partial charge in [0.05, 0.1) is 18.3 Å². The number of ketones is 3. The van der Waals surface area contributed by atoms with Crippen molar-refractivity contribution in [1.82, 2.24) is 4.90 Å². The zero-order valence-corrected chi connectivity index (χ0v) is 36.8. The molecular weight excluding hydrogens is 751 g/mol. The van der Waals surface area contributed by atoms with Crippen LogP contribution < -0.4 is 0 Å². The third-order valence-electron chi connectivity index (χ3n) is 13.3. The first-order valence-corrected chi connectivity index (χ1v) is 22.4. The van der Waals surface area contributed by atoms with E-state index in [0.29, 0.717) is 70.6 Å². The lowest BCUT2D eigenvalue weighted by Gasteiger charge is -2.42. The van der Waals surface area contributed by atoms with Crippen LogP contribution in [-0.4, -0.2) is 94.2 Å². The Hall–Kier alpha value is -3.25. The molecular formula is C48H73NO10. The lowest BCUT2D eigenvalue weighted by atomic mass is 9.78. The number of carbonyl (C=O) groups is 5. The molecule has 4 aliphatic rings. The zero-order chi connectivity index (χ0) is 43.3. The topological polar surface area (TPSA) is 157 Å². The Kier molecular flexibility index (Phi) is 19.0. The summed E-state index contributed by atoms with van der Waals surface area (Å²) >= 11 is 0. The normalized spacial score (nSPS) is 39.0. The Balaban J connectivity index is 1.60. The van der Waals surface area contributed by atoms with Crippen LogP contribution in [0.25, 0.3) is 0 Å². The van der Waals surface area contributed by atoms with E-state index in [1.165, 1.54) is 4.90 Å². The average Bonchev–Trinajstić information content (AvgIpc) is 3.21. The average molecular weight is 824 g/mol. The second-order valence-corrected chi connectivity index (χ2v) is 18.3. The molecule has 4 rings (SSSR count). The van der Waals surface area contributed by atoms with Crippen LogP contribution in [0.15, 0.2) is 48.1 Å². The van der Waals surface area contributed by atoms with Gasteiger partial charge >= 0.3 is 5.97 Å². The first kappa shape index (κ1) is 48.4. The van der Waals surface area contributed by atoms with Crippen molar-refractivity contribution in [1.29, 1.82) is 0 Å². The standard InChI is InChI=1S/C48H73NO10/c1-31-16-12-10-8-9-11-13-17-38-22-20-36(6)48(56,59-38)45(53)46(54)49-25-15-14-18-39(49)47(55)58-43(35(5)28-37-21-24-41(51)44(29-37)57-7)30-42(52)34(4)27-32(2)19-23-40(50)33(3)26-31/h8-12,16,27,31,33-39,41,43-44,51,56H,13-15,17-26,28-30H2,1-7H3/b10-8+,11-9+,16-12+,32-27+. The molecule has 1 saturated carbocycles. The Morgan fingerprint density at radius 1 is 0.898 bits per heavy atom. The van der Waals surface area contributed by atoms with Crippen LogP contribution in [0.5, 0.6) is 0 Å². The Morgan fingerprint density at radius 2 is 1.64 bits per heavy atom. The van der Waals surface area contributed by atoms with Crippen molar-refractivity contribution in [2.24, 2.45) is 35.5 Å². The number of cyclic esters (lactones) is 1. The van der Waals surface area contributed by atoms with Gasteiger partial charge in [0.2, 0.25) is 5.79 Å². The molecule has 2 saturated heterocycles. The number of hydrogen-bond acceptors (Lipinski definition) is 10. The molecule has 0 aromatic heterocycles. The molecule has 12 atom stereocenters. The van der Waals surface area contributed by atoms with E-state index < -0.39 is 59.6 Å². The van der Waals surface area contributed by atoms with Crippen LogP contribution in [0.3, 0.4) is 0 Å². The van der Waals surface area contributed by atoms with Gasteiger partial charge in [-0.3, -0.25) is 19.2 Å². The number of esters is 1. The molecule has 0 radical (unpaired) electrons. The van der Waals surface area contributed by atoms with Crippen LogP contribution in [-0.2, 0) is 38.2 Å². The van der Waals surface area contributed by atoms with Crippen LogP contribution in [0.4, 0.5) is 0 Å². The summed E-state index contributed by atoms with van der Waals surface area (Å²) in [5.74, 6) is -6.01. The van der Waals surface area contributed by atoms with Crippen LogP contribution in [0.1, 0.15) is 138 Å². The van der Waals surface area contributed by atoms with Gasteiger partial charge in [-0.1, -0.05) is 82.7 Å². The number of Topliss-reactive ketones (excluding diaryl/α,β-unsaturated/α-hetero) is 3. The first-order chi connectivity index (χ1) is 28.0. The van der Waals surface area contributed by atoms with Crippen molar-refractivity contribution in [2.45, 2.75) is 174 Å². The van der Waals surface area contributed by atoms with Crippen molar-refractivity contribution in [3.05, 3.63) is 48.1 Å². The number of nitrogens with zero attached hydrogens (tertiary/aromatic N) is 1. The van der Waals surface area contributed by atoms with Gasteiger partial charge in [-0.05, 0) is 108 Å². The molecule has 11 heteroatoms. The molecule has 0 spiro atoms. The monoisotopic (exact) mass is 824 g/mol. The summed E-state index contributed by atoms with van der Waals surface area (Å²) in [6, 6.07) is -1.06.